The molecule has 0 atom stereocenters. The standard InChI is InChI=1S/C19H15F3N2O4/c20-19(21,22)28-13-5-3-11(4-6-13)15-8-12(9-24-18(26)27)16(10-25)17-14(15)2-1-7-23-17/h1-8,24-25H,9-10H2,(H,26,27). The molecule has 2 aromatic carbocycles. The number of carboxylic acid groups (broad SMARTS) is 1. The summed E-state index contributed by atoms with van der Waals surface area (Å²) in [4.78, 5) is 15.1. The molecule has 0 bridgehead atoms. The molecule has 1 amide bonds. The van der Waals surface area contributed by atoms with Crippen molar-refractivity contribution in [2.45, 2.75) is 19.5 Å². The maximum atomic E-state index is 12.4. The van der Waals surface area contributed by atoms with Crippen LogP contribution in [0.3, 0.4) is 0 Å². The quantitative estimate of drug-likeness (QED) is 0.609. The normalized spacial score (nSPS) is 11.4. The number of nitrogens with one attached hydrogen (secondary N) is 1. The second-order valence-corrected chi connectivity index (χ2v) is 5.85. The average Bonchev–Trinajstić information content (AvgIpc) is 2.64. The van der Waals surface area contributed by atoms with Crippen molar-refractivity contribution in [3.8, 4) is 16.9 Å². The average molecular weight is 392 g/mol. The summed E-state index contributed by atoms with van der Waals surface area (Å²) in [5.41, 5.74) is 2.71. The highest BCUT2D eigenvalue weighted by molar-refractivity contribution is 5.97. The van der Waals surface area contributed by atoms with Crippen molar-refractivity contribution in [3.63, 3.8) is 0 Å². The number of amides is 1. The fourth-order valence-electron chi connectivity index (χ4n) is 2.93. The Hall–Kier alpha value is -3.33. The molecule has 0 unspecified atom stereocenters. The van der Waals surface area contributed by atoms with Crippen LogP contribution in [0.4, 0.5) is 18.0 Å². The minimum absolute atomic E-state index is 0.0555. The van der Waals surface area contributed by atoms with Gasteiger partial charge >= 0.3 is 12.5 Å². The summed E-state index contributed by atoms with van der Waals surface area (Å²) in [6, 6.07) is 10.5. The monoisotopic (exact) mass is 392 g/mol. The van der Waals surface area contributed by atoms with Gasteiger partial charge in [0.05, 0.1) is 12.1 Å². The third-order valence-corrected chi connectivity index (χ3v) is 4.08. The van der Waals surface area contributed by atoms with Crippen molar-refractivity contribution in [2.24, 2.45) is 0 Å². The first-order chi connectivity index (χ1) is 13.3. The smallest absolute Gasteiger partial charge is 0.465 e. The van der Waals surface area contributed by atoms with E-state index in [1.807, 2.05) is 0 Å². The van der Waals surface area contributed by atoms with Crippen LogP contribution in [-0.4, -0.2) is 27.7 Å². The van der Waals surface area contributed by atoms with Crippen LogP contribution in [-0.2, 0) is 13.2 Å². The number of carbonyl (C=O) groups is 1. The molecular weight excluding hydrogens is 377 g/mol. The van der Waals surface area contributed by atoms with Gasteiger partial charge in [-0.05, 0) is 41.0 Å². The number of ether oxygens (including phenoxy) is 1. The molecule has 146 valence electrons. The molecule has 28 heavy (non-hydrogen) atoms. The number of rotatable bonds is 5. The number of halogens is 3. The number of aliphatic hydroxyl groups excluding tert-OH is 1. The number of alkyl halides is 3. The zero-order valence-electron chi connectivity index (χ0n) is 14.3. The van der Waals surface area contributed by atoms with Crippen molar-refractivity contribution in [2.75, 3.05) is 0 Å². The van der Waals surface area contributed by atoms with Crippen LogP contribution in [0.2, 0.25) is 0 Å². The van der Waals surface area contributed by atoms with E-state index in [1.54, 1.807) is 24.4 Å². The van der Waals surface area contributed by atoms with Gasteiger partial charge in [-0.1, -0.05) is 18.2 Å². The number of nitrogens with zero attached hydrogens (tertiary/aromatic N) is 1. The SMILES string of the molecule is O=C(O)NCc1cc(-c2ccc(OC(F)(F)F)cc2)c2cccnc2c1CO. The maximum Gasteiger partial charge on any atom is 0.573 e. The fourth-order valence-corrected chi connectivity index (χ4v) is 2.93. The third kappa shape index (κ3) is 4.32. The van der Waals surface area contributed by atoms with E-state index in [0.29, 0.717) is 33.2 Å². The maximum absolute atomic E-state index is 12.4. The number of hydrogen-bond donors (Lipinski definition) is 3. The predicted molar refractivity (Wildman–Crippen MR) is 94.6 cm³/mol. The first kappa shape index (κ1) is 19.4. The van der Waals surface area contributed by atoms with Crippen molar-refractivity contribution in [3.05, 3.63) is 59.8 Å². The molecule has 0 spiro atoms. The van der Waals surface area contributed by atoms with Gasteiger partial charge in [-0.15, -0.1) is 13.2 Å². The van der Waals surface area contributed by atoms with Crippen LogP contribution < -0.4 is 10.1 Å². The molecule has 3 rings (SSSR count). The summed E-state index contributed by atoms with van der Waals surface area (Å²) in [6.07, 6.45) is -4.46. The first-order valence-corrected chi connectivity index (χ1v) is 8.12. The lowest BCUT2D eigenvalue weighted by molar-refractivity contribution is -0.274. The van der Waals surface area contributed by atoms with Crippen LogP contribution in [0.15, 0.2) is 48.7 Å². The predicted octanol–water partition coefficient (Wildman–Crippen LogP) is 4.06. The summed E-state index contributed by atoms with van der Waals surface area (Å²) in [6.45, 7) is -0.400. The highest BCUT2D eigenvalue weighted by Crippen LogP contribution is 2.34. The van der Waals surface area contributed by atoms with Crippen LogP contribution in [0.1, 0.15) is 11.1 Å². The highest BCUT2D eigenvalue weighted by atomic mass is 19.4. The van der Waals surface area contributed by atoms with E-state index in [2.05, 4.69) is 15.0 Å². The Morgan fingerprint density at radius 3 is 2.50 bits per heavy atom. The zero-order chi connectivity index (χ0) is 20.3. The molecule has 9 heteroatoms. The van der Waals surface area contributed by atoms with E-state index in [9.17, 15) is 23.1 Å². The van der Waals surface area contributed by atoms with E-state index in [0.717, 1.165) is 0 Å². The molecule has 6 nitrogen and oxygen atoms in total. The molecular formula is C19H15F3N2O4. The number of aliphatic hydroxyl groups is 1. The zero-order valence-corrected chi connectivity index (χ0v) is 14.3. The van der Waals surface area contributed by atoms with Gasteiger partial charge in [-0.2, -0.15) is 0 Å². The number of pyridine rings is 1. The highest BCUT2D eigenvalue weighted by Gasteiger charge is 2.31. The van der Waals surface area contributed by atoms with Gasteiger partial charge in [0.1, 0.15) is 5.75 Å². The Morgan fingerprint density at radius 1 is 1.18 bits per heavy atom. The van der Waals surface area contributed by atoms with E-state index in [1.165, 1.54) is 24.3 Å². The van der Waals surface area contributed by atoms with Gasteiger partial charge in [0.2, 0.25) is 0 Å². The lowest BCUT2D eigenvalue weighted by atomic mass is 9.94. The van der Waals surface area contributed by atoms with Crippen LogP contribution >= 0.6 is 0 Å². The van der Waals surface area contributed by atoms with Gasteiger partial charge in [-0.25, -0.2) is 4.79 Å². The Labute approximate surface area is 157 Å². The molecule has 3 N–H and O–H groups in total. The van der Waals surface area contributed by atoms with Gasteiger partial charge < -0.3 is 20.3 Å². The molecule has 0 radical (unpaired) electrons. The van der Waals surface area contributed by atoms with Crippen molar-refractivity contribution in [1.82, 2.24) is 10.3 Å². The lowest BCUT2D eigenvalue weighted by Gasteiger charge is -2.15. The molecule has 1 aromatic heterocycles. The Kier molecular flexibility index (Phi) is 5.36. The summed E-state index contributed by atoms with van der Waals surface area (Å²) >= 11 is 0. The van der Waals surface area contributed by atoms with E-state index < -0.39 is 12.5 Å². The summed E-state index contributed by atoms with van der Waals surface area (Å²) in [5, 5.41) is 21.5. The number of benzene rings is 2. The molecule has 0 aliphatic heterocycles. The van der Waals surface area contributed by atoms with Gasteiger partial charge in [0, 0.05) is 23.7 Å². The second kappa shape index (κ2) is 7.73. The molecule has 3 aromatic rings. The minimum Gasteiger partial charge on any atom is -0.465 e. The summed E-state index contributed by atoms with van der Waals surface area (Å²) < 4.78 is 40.9. The first-order valence-electron chi connectivity index (χ1n) is 8.12. The number of aromatic nitrogens is 1. The van der Waals surface area contributed by atoms with Crippen molar-refractivity contribution >= 4 is 17.0 Å². The third-order valence-electron chi connectivity index (χ3n) is 4.08. The molecule has 0 saturated heterocycles. The van der Waals surface area contributed by atoms with Gasteiger partial charge in [0.15, 0.2) is 0 Å². The van der Waals surface area contributed by atoms with Crippen LogP contribution in [0.25, 0.3) is 22.0 Å². The Balaban J connectivity index is 2.10. The molecule has 0 aliphatic rings. The lowest BCUT2D eigenvalue weighted by Crippen LogP contribution is -2.21. The van der Waals surface area contributed by atoms with Crippen molar-refractivity contribution in [1.29, 1.82) is 0 Å². The molecule has 1 heterocycles. The summed E-state index contributed by atoms with van der Waals surface area (Å²) in [5.74, 6) is -0.349. The molecule has 0 saturated carbocycles. The summed E-state index contributed by atoms with van der Waals surface area (Å²) in [7, 11) is 0. The number of fused-ring (bicyclic) bond motifs is 1. The molecule has 0 aliphatic carbocycles. The second-order valence-electron chi connectivity index (χ2n) is 5.85. The van der Waals surface area contributed by atoms with Crippen molar-refractivity contribution < 1.29 is 32.9 Å². The van der Waals surface area contributed by atoms with Crippen LogP contribution in [0, 0.1) is 0 Å². The van der Waals surface area contributed by atoms with Gasteiger partial charge in [-0.3, -0.25) is 4.98 Å². The Bertz CT molecular complexity index is 1000. The molecule has 0 fully saturated rings. The van der Waals surface area contributed by atoms with E-state index in [4.69, 9.17) is 5.11 Å². The van der Waals surface area contributed by atoms with Crippen LogP contribution in [0.5, 0.6) is 5.75 Å². The van der Waals surface area contributed by atoms with E-state index in [-0.39, 0.29) is 18.9 Å². The Morgan fingerprint density at radius 2 is 1.89 bits per heavy atom. The fraction of sp³-hybridized carbons (Fsp3) is 0.158. The van der Waals surface area contributed by atoms with E-state index >= 15 is 0 Å². The minimum atomic E-state index is -4.78. The van der Waals surface area contributed by atoms with Gasteiger partial charge in [0.25, 0.3) is 0 Å². The largest absolute Gasteiger partial charge is 0.573 e. The topological polar surface area (TPSA) is 91.7 Å². The number of hydrogen-bond acceptors (Lipinski definition) is 4.